The highest BCUT2D eigenvalue weighted by Gasteiger charge is 2.17. The second-order valence-electron chi connectivity index (χ2n) is 3.18. The Bertz CT molecular complexity index is 136. The molecule has 0 amide bonds. The Labute approximate surface area is 64.2 Å². The van der Waals surface area contributed by atoms with Crippen molar-refractivity contribution in [2.45, 2.75) is 12.8 Å². The van der Waals surface area contributed by atoms with Crippen molar-refractivity contribution in [3.8, 4) is 0 Å². The number of nitrogens with zero attached hydrogens (tertiary/aromatic N) is 1. The summed E-state index contributed by atoms with van der Waals surface area (Å²) < 4.78 is 0. The summed E-state index contributed by atoms with van der Waals surface area (Å²) >= 11 is 0. The van der Waals surface area contributed by atoms with Crippen LogP contribution in [0, 0.1) is 5.92 Å². The largest absolute Gasteiger partial charge is 0.402 e. The first-order valence-corrected chi connectivity index (χ1v) is 3.83. The molecule has 0 saturated carbocycles. The normalized spacial score (nSPS) is 28.3. The number of rotatable bonds is 1. The highest BCUT2D eigenvalue weighted by Crippen LogP contribution is 2.18. The summed E-state index contributed by atoms with van der Waals surface area (Å²) in [7, 11) is 2.13. The van der Waals surface area contributed by atoms with Gasteiger partial charge in [0.25, 0.3) is 0 Å². The molecule has 0 aliphatic carbocycles. The molecule has 1 rings (SSSR count). The molecule has 1 fully saturated rings. The summed E-state index contributed by atoms with van der Waals surface area (Å²) in [6.45, 7) is 6.07. The van der Waals surface area contributed by atoms with Gasteiger partial charge in [0.2, 0.25) is 0 Å². The smallest absolute Gasteiger partial charge is 0.0106 e. The monoisotopic (exact) mass is 142 g/mol. The second kappa shape index (κ2) is 3.06. The van der Waals surface area contributed by atoms with Crippen LogP contribution in [0.4, 0.5) is 0 Å². The molecule has 0 radical (unpaired) electrons. The number of nitrogens with two attached hydrogens (primary N) is 1. The number of piperidine rings is 1. The third-order valence-corrected chi connectivity index (χ3v) is 2.15. The number of likely N-dealkylation sites (tertiary alicyclic amines) is 1. The molecular formula is C8H18N2. The molecule has 0 bridgehead atoms. The Morgan fingerprint density at radius 1 is 1.80 bits per heavy atom. The van der Waals surface area contributed by atoms with E-state index in [9.17, 15) is 0 Å². The molecule has 0 aromatic rings. The summed E-state index contributed by atoms with van der Waals surface area (Å²) in [6, 6.07) is 0. The van der Waals surface area contributed by atoms with Gasteiger partial charge in [-0.3, -0.25) is 0 Å². The molecule has 60 valence electrons. The highest BCUT2D eigenvalue weighted by molar-refractivity contribution is 4.97. The van der Waals surface area contributed by atoms with Crippen LogP contribution in [0.3, 0.4) is 0 Å². The summed E-state index contributed by atoms with van der Waals surface area (Å²) in [6.07, 6.45) is 2.48. The Balaban J connectivity index is 0.000001000. The van der Waals surface area contributed by atoms with Crippen LogP contribution in [0.1, 0.15) is 14.3 Å². The maximum absolute atomic E-state index is 5.61. The van der Waals surface area contributed by atoms with Crippen LogP contribution in [0.15, 0.2) is 12.3 Å². The van der Waals surface area contributed by atoms with E-state index in [1.165, 1.54) is 19.4 Å². The van der Waals surface area contributed by atoms with Crippen LogP contribution < -0.4 is 5.73 Å². The van der Waals surface area contributed by atoms with E-state index in [4.69, 9.17) is 5.73 Å². The molecule has 1 aliphatic rings. The minimum Gasteiger partial charge on any atom is -0.402 e. The van der Waals surface area contributed by atoms with Crippen LogP contribution in [-0.2, 0) is 0 Å². The number of hydrogen-bond donors (Lipinski definition) is 1. The van der Waals surface area contributed by atoms with E-state index < -0.39 is 0 Å². The van der Waals surface area contributed by atoms with E-state index in [-0.39, 0.29) is 1.43 Å². The second-order valence-corrected chi connectivity index (χ2v) is 3.18. The molecule has 1 saturated heterocycles. The van der Waals surface area contributed by atoms with Crippen molar-refractivity contribution in [3.63, 3.8) is 0 Å². The third-order valence-electron chi connectivity index (χ3n) is 2.15. The Hall–Kier alpha value is -0.500. The predicted molar refractivity (Wildman–Crippen MR) is 45.7 cm³/mol. The molecule has 2 N–H and O–H groups in total. The van der Waals surface area contributed by atoms with E-state index in [0.717, 1.165) is 12.2 Å². The third kappa shape index (κ3) is 1.74. The lowest BCUT2D eigenvalue weighted by Crippen LogP contribution is -2.34. The van der Waals surface area contributed by atoms with E-state index in [1.54, 1.807) is 0 Å². The molecule has 1 aliphatic heterocycles. The van der Waals surface area contributed by atoms with Gasteiger partial charge in [-0.15, -0.1) is 0 Å². The lowest BCUT2D eigenvalue weighted by Gasteiger charge is -2.29. The molecular weight excluding hydrogens is 124 g/mol. The Morgan fingerprint density at radius 3 is 2.90 bits per heavy atom. The fourth-order valence-corrected chi connectivity index (χ4v) is 1.47. The average Bonchev–Trinajstić information content (AvgIpc) is 1.88. The van der Waals surface area contributed by atoms with Crippen LogP contribution in [0.2, 0.25) is 0 Å². The molecule has 0 aromatic carbocycles. The quantitative estimate of drug-likeness (QED) is 0.593. The van der Waals surface area contributed by atoms with Crippen molar-refractivity contribution in [2.75, 3.05) is 20.1 Å². The maximum Gasteiger partial charge on any atom is 0.0106 e. The minimum absolute atomic E-state index is 0. The first-order valence-electron chi connectivity index (χ1n) is 3.83. The number of hydrogen-bond acceptors (Lipinski definition) is 2. The molecule has 1 atom stereocenters. The fourth-order valence-electron chi connectivity index (χ4n) is 1.47. The minimum atomic E-state index is 0. The molecule has 2 heteroatoms. The van der Waals surface area contributed by atoms with Gasteiger partial charge in [0.05, 0.1) is 0 Å². The summed E-state index contributed by atoms with van der Waals surface area (Å²) in [5.41, 5.74) is 6.46. The first-order chi connectivity index (χ1) is 4.70. The lowest BCUT2D eigenvalue weighted by atomic mass is 9.96. The molecule has 1 unspecified atom stereocenters. The zero-order valence-corrected chi connectivity index (χ0v) is 6.64. The van der Waals surface area contributed by atoms with Crippen molar-refractivity contribution in [1.82, 2.24) is 4.90 Å². The molecule has 0 aromatic heterocycles. The van der Waals surface area contributed by atoms with Crippen LogP contribution in [-0.4, -0.2) is 25.0 Å². The van der Waals surface area contributed by atoms with Gasteiger partial charge in [0, 0.05) is 19.6 Å². The fraction of sp³-hybridized carbons (Fsp3) is 0.750. The Morgan fingerprint density at radius 2 is 2.50 bits per heavy atom. The zero-order valence-electron chi connectivity index (χ0n) is 6.64. The van der Waals surface area contributed by atoms with Gasteiger partial charge in [0.1, 0.15) is 0 Å². The van der Waals surface area contributed by atoms with Crippen molar-refractivity contribution >= 4 is 0 Å². The molecule has 1 heterocycles. The van der Waals surface area contributed by atoms with Gasteiger partial charge in [-0.1, -0.05) is 6.58 Å². The van der Waals surface area contributed by atoms with Gasteiger partial charge in [-0.25, -0.2) is 0 Å². The first kappa shape index (κ1) is 7.61. The lowest BCUT2D eigenvalue weighted by molar-refractivity contribution is 0.230. The van der Waals surface area contributed by atoms with Crippen molar-refractivity contribution in [2.24, 2.45) is 11.7 Å². The van der Waals surface area contributed by atoms with E-state index >= 15 is 0 Å². The topological polar surface area (TPSA) is 29.3 Å². The maximum atomic E-state index is 5.61. The van der Waals surface area contributed by atoms with E-state index in [2.05, 4.69) is 18.5 Å². The molecule has 0 spiro atoms. The van der Waals surface area contributed by atoms with Gasteiger partial charge in [0.15, 0.2) is 0 Å². The summed E-state index contributed by atoms with van der Waals surface area (Å²) in [5, 5.41) is 0. The van der Waals surface area contributed by atoms with Crippen LogP contribution >= 0.6 is 0 Å². The SMILES string of the molecule is C=C(N)C1CCCN(C)C1.[HH]. The molecule has 10 heavy (non-hydrogen) atoms. The summed E-state index contributed by atoms with van der Waals surface area (Å²) in [4.78, 5) is 2.31. The van der Waals surface area contributed by atoms with Gasteiger partial charge < -0.3 is 10.6 Å². The van der Waals surface area contributed by atoms with E-state index in [0.29, 0.717) is 5.92 Å². The average molecular weight is 142 g/mol. The highest BCUT2D eigenvalue weighted by atomic mass is 15.1. The van der Waals surface area contributed by atoms with Gasteiger partial charge in [-0.2, -0.15) is 0 Å². The van der Waals surface area contributed by atoms with Crippen molar-refractivity contribution < 1.29 is 1.43 Å². The molecule has 2 nitrogen and oxygen atoms in total. The van der Waals surface area contributed by atoms with Crippen LogP contribution in [0.25, 0.3) is 0 Å². The predicted octanol–water partition coefficient (Wildman–Crippen LogP) is 1.05. The standard InChI is InChI=1S/C8H16N2.H2/c1-7(9)8-4-3-5-10(2)6-8;/h8H,1,3-6,9H2,2H3;1H. The van der Waals surface area contributed by atoms with Gasteiger partial charge in [-0.05, 0) is 26.4 Å². The Kier molecular flexibility index (Phi) is 2.33. The van der Waals surface area contributed by atoms with Crippen LogP contribution in [0.5, 0.6) is 0 Å². The summed E-state index contributed by atoms with van der Waals surface area (Å²) in [5.74, 6) is 0.541. The van der Waals surface area contributed by atoms with Crippen molar-refractivity contribution in [3.05, 3.63) is 12.3 Å². The zero-order chi connectivity index (χ0) is 7.56. The van der Waals surface area contributed by atoms with Crippen molar-refractivity contribution in [1.29, 1.82) is 0 Å². The van der Waals surface area contributed by atoms with Gasteiger partial charge >= 0.3 is 0 Å². The van der Waals surface area contributed by atoms with E-state index in [1.807, 2.05) is 0 Å².